The summed E-state index contributed by atoms with van der Waals surface area (Å²) in [7, 11) is 0. The SMILES string of the molecule is O=C(NCc1ccco1)c1ccc(Nc2cc(C(F)(F)F)ccc2Cl)nc1. The summed E-state index contributed by atoms with van der Waals surface area (Å²) in [5, 5.41) is 5.50. The largest absolute Gasteiger partial charge is 0.467 e. The number of amides is 1. The minimum atomic E-state index is -4.48. The first-order valence-corrected chi connectivity index (χ1v) is 8.11. The summed E-state index contributed by atoms with van der Waals surface area (Å²) in [6.45, 7) is 0.228. The molecule has 5 nitrogen and oxygen atoms in total. The third-order valence-corrected chi connectivity index (χ3v) is 3.91. The van der Waals surface area contributed by atoms with E-state index in [1.54, 1.807) is 12.1 Å². The van der Waals surface area contributed by atoms with Crippen molar-refractivity contribution in [1.29, 1.82) is 0 Å². The molecule has 1 amide bonds. The molecule has 3 rings (SSSR count). The highest BCUT2D eigenvalue weighted by Gasteiger charge is 2.31. The summed E-state index contributed by atoms with van der Waals surface area (Å²) in [5.41, 5.74) is -0.473. The number of aromatic nitrogens is 1. The van der Waals surface area contributed by atoms with Crippen molar-refractivity contribution in [3.8, 4) is 0 Å². The average Bonchev–Trinajstić information content (AvgIpc) is 3.15. The molecule has 2 aromatic heterocycles. The minimum absolute atomic E-state index is 0.0639. The summed E-state index contributed by atoms with van der Waals surface area (Å²) in [6, 6.07) is 9.35. The van der Waals surface area contributed by atoms with Crippen LogP contribution < -0.4 is 10.6 Å². The fourth-order valence-electron chi connectivity index (χ4n) is 2.22. The number of benzene rings is 1. The Morgan fingerprint density at radius 1 is 1.19 bits per heavy atom. The first kappa shape index (κ1) is 18.8. The predicted octanol–water partition coefficient (Wildman–Crippen LogP) is 5.02. The van der Waals surface area contributed by atoms with Gasteiger partial charge in [-0.05, 0) is 42.5 Å². The number of pyridine rings is 1. The molecule has 2 N–H and O–H groups in total. The lowest BCUT2D eigenvalue weighted by atomic mass is 10.2. The van der Waals surface area contributed by atoms with Crippen molar-refractivity contribution >= 4 is 29.0 Å². The molecule has 0 unspecified atom stereocenters. The topological polar surface area (TPSA) is 67.2 Å². The van der Waals surface area contributed by atoms with E-state index in [1.807, 2.05) is 0 Å². The van der Waals surface area contributed by atoms with E-state index in [1.165, 1.54) is 24.6 Å². The molecule has 0 saturated heterocycles. The van der Waals surface area contributed by atoms with Crippen molar-refractivity contribution in [1.82, 2.24) is 10.3 Å². The van der Waals surface area contributed by atoms with Crippen LogP contribution in [0, 0.1) is 0 Å². The quantitative estimate of drug-likeness (QED) is 0.636. The van der Waals surface area contributed by atoms with Gasteiger partial charge in [0.2, 0.25) is 0 Å². The molecule has 140 valence electrons. The van der Waals surface area contributed by atoms with Crippen LogP contribution in [0.15, 0.2) is 59.3 Å². The molecule has 3 aromatic rings. The minimum Gasteiger partial charge on any atom is -0.467 e. The highest BCUT2D eigenvalue weighted by atomic mass is 35.5. The Hall–Kier alpha value is -3.00. The van der Waals surface area contributed by atoms with Crippen molar-refractivity contribution in [3.05, 3.63) is 76.8 Å². The summed E-state index contributed by atoms with van der Waals surface area (Å²) >= 11 is 5.94. The van der Waals surface area contributed by atoms with Gasteiger partial charge in [0.1, 0.15) is 11.6 Å². The van der Waals surface area contributed by atoms with Gasteiger partial charge in [0.05, 0.1) is 34.6 Å². The number of anilines is 2. The third kappa shape index (κ3) is 4.79. The first-order chi connectivity index (χ1) is 12.8. The van der Waals surface area contributed by atoms with E-state index in [9.17, 15) is 18.0 Å². The highest BCUT2D eigenvalue weighted by molar-refractivity contribution is 6.33. The van der Waals surface area contributed by atoms with Gasteiger partial charge in [-0.1, -0.05) is 11.6 Å². The Bertz CT molecular complexity index is 926. The van der Waals surface area contributed by atoms with Crippen LogP contribution in [0.3, 0.4) is 0 Å². The van der Waals surface area contributed by atoms with Crippen molar-refractivity contribution in [2.24, 2.45) is 0 Å². The van der Waals surface area contributed by atoms with Crippen LogP contribution in [-0.4, -0.2) is 10.9 Å². The smallest absolute Gasteiger partial charge is 0.416 e. The van der Waals surface area contributed by atoms with E-state index in [2.05, 4.69) is 15.6 Å². The van der Waals surface area contributed by atoms with Crippen molar-refractivity contribution in [2.45, 2.75) is 12.7 Å². The average molecular weight is 396 g/mol. The Morgan fingerprint density at radius 2 is 2.00 bits per heavy atom. The first-order valence-electron chi connectivity index (χ1n) is 7.73. The van der Waals surface area contributed by atoms with Crippen LogP contribution in [0.2, 0.25) is 5.02 Å². The van der Waals surface area contributed by atoms with E-state index >= 15 is 0 Å². The summed E-state index contributed by atoms with van der Waals surface area (Å²) < 4.78 is 43.6. The van der Waals surface area contributed by atoms with Crippen molar-refractivity contribution < 1.29 is 22.4 Å². The molecule has 0 spiro atoms. The predicted molar refractivity (Wildman–Crippen MR) is 93.9 cm³/mol. The van der Waals surface area contributed by atoms with Gasteiger partial charge in [0.15, 0.2) is 0 Å². The van der Waals surface area contributed by atoms with E-state index in [0.29, 0.717) is 11.3 Å². The van der Waals surface area contributed by atoms with Gasteiger partial charge in [0, 0.05) is 6.20 Å². The summed E-state index contributed by atoms with van der Waals surface area (Å²) in [4.78, 5) is 16.1. The number of nitrogens with one attached hydrogen (secondary N) is 2. The number of furan rings is 1. The monoisotopic (exact) mass is 395 g/mol. The number of hydrogen-bond donors (Lipinski definition) is 2. The number of halogens is 4. The van der Waals surface area contributed by atoms with Gasteiger partial charge in [-0.3, -0.25) is 4.79 Å². The molecule has 1 aromatic carbocycles. The molecule has 0 fully saturated rings. The normalized spacial score (nSPS) is 11.3. The Morgan fingerprint density at radius 3 is 2.63 bits per heavy atom. The second-order valence-corrected chi connectivity index (χ2v) is 5.92. The van der Waals surface area contributed by atoms with Gasteiger partial charge in [0.25, 0.3) is 5.91 Å². The lowest BCUT2D eigenvalue weighted by Gasteiger charge is -2.12. The van der Waals surface area contributed by atoms with Crippen LogP contribution in [-0.2, 0) is 12.7 Å². The lowest BCUT2D eigenvalue weighted by molar-refractivity contribution is -0.137. The van der Waals surface area contributed by atoms with Crippen molar-refractivity contribution in [3.63, 3.8) is 0 Å². The van der Waals surface area contributed by atoms with Gasteiger partial charge in [-0.15, -0.1) is 0 Å². The summed E-state index contributed by atoms with van der Waals surface area (Å²) in [5.74, 6) is 0.496. The second-order valence-electron chi connectivity index (χ2n) is 5.51. The number of alkyl halides is 3. The summed E-state index contributed by atoms with van der Waals surface area (Å²) in [6.07, 6.45) is -1.67. The zero-order valence-corrected chi connectivity index (χ0v) is 14.4. The van der Waals surface area contributed by atoms with E-state index in [4.69, 9.17) is 16.0 Å². The maximum atomic E-state index is 12.8. The molecule has 27 heavy (non-hydrogen) atoms. The molecule has 0 aliphatic carbocycles. The van der Waals surface area contributed by atoms with Gasteiger partial charge < -0.3 is 15.1 Å². The Kier molecular flexibility index (Phi) is 5.36. The van der Waals surface area contributed by atoms with Crippen LogP contribution in [0.4, 0.5) is 24.7 Å². The Balaban J connectivity index is 1.68. The molecule has 0 saturated carbocycles. The number of nitrogens with zero attached hydrogens (tertiary/aromatic N) is 1. The van der Waals surface area contributed by atoms with E-state index in [0.717, 1.165) is 18.2 Å². The van der Waals surface area contributed by atoms with Crippen LogP contribution in [0.5, 0.6) is 0 Å². The number of hydrogen-bond acceptors (Lipinski definition) is 4. The standard InChI is InChI=1S/C18H13ClF3N3O2/c19-14-5-4-12(18(20,21)22)8-15(14)25-16-6-3-11(9-23-16)17(26)24-10-13-2-1-7-27-13/h1-9H,10H2,(H,23,25)(H,24,26). The fraction of sp³-hybridized carbons (Fsp3) is 0.111. The zero-order valence-electron chi connectivity index (χ0n) is 13.7. The number of carbonyl (C=O) groups excluding carboxylic acids is 1. The molecule has 9 heteroatoms. The number of carbonyl (C=O) groups is 1. The number of rotatable bonds is 5. The molecule has 0 aliphatic heterocycles. The molecule has 0 aliphatic rings. The van der Waals surface area contributed by atoms with Crippen molar-refractivity contribution in [2.75, 3.05) is 5.32 Å². The zero-order chi connectivity index (χ0) is 19.4. The molecular formula is C18H13ClF3N3O2. The Labute approximate surface area is 157 Å². The van der Waals surface area contributed by atoms with Gasteiger partial charge >= 0.3 is 6.18 Å². The lowest BCUT2D eigenvalue weighted by Crippen LogP contribution is -2.22. The maximum absolute atomic E-state index is 12.8. The van der Waals surface area contributed by atoms with Gasteiger partial charge in [-0.25, -0.2) is 4.98 Å². The molecular weight excluding hydrogens is 383 g/mol. The molecule has 2 heterocycles. The van der Waals surface area contributed by atoms with Gasteiger partial charge in [-0.2, -0.15) is 13.2 Å². The second kappa shape index (κ2) is 7.71. The molecule has 0 bridgehead atoms. The fourth-order valence-corrected chi connectivity index (χ4v) is 2.38. The maximum Gasteiger partial charge on any atom is 0.416 e. The van der Waals surface area contributed by atoms with E-state index < -0.39 is 11.7 Å². The third-order valence-electron chi connectivity index (χ3n) is 3.59. The van der Waals surface area contributed by atoms with Crippen LogP contribution in [0.25, 0.3) is 0 Å². The molecule has 0 radical (unpaired) electrons. The van der Waals surface area contributed by atoms with Crippen LogP contribution >= 0.6 is 11.6 Å². The van der Waals surface area contributed by atoms with E-state index in [-0.39, 0.29) is 29.0 Å². The molecule has 0 atom stereocenters. The highest BCUT2D eigenvalue weighted by Crippen LogP contribution is 2.34. The van der Waals surface area contributed by atoms with Crippen LogP contribution in [0.1, 0.15) is 21.7 Å².